The standard InChI is InChI=1S/C10H11NO3S/c1-15(13,14)11-8-3-4-9-7(6-8)2-5-10(9)12/h3-4,6,11H,2,5H2,1H3. The molecular weight excluding hydrogens is 214 g/mol. The minimum atomic E-state index is -3.24. The molecule has 4 nitrogen and oxygen atoms in total. The maximum atomic E-state index is 11.3. The zero-order valence-electron chi connectivity index (χ0n) is 8.28. The number of sulfonamides is 1. The van der Waals surface area contributed by atoms with Crippen molar-refractivity contribution in [3.63, 3.8) is 0 Å². The molecule has 5 heteroatoms. The summed E-state index contributed by atoms with van der Waals surface area (Å²) in [7, 11) is -3.24. The van der Waals surface area contributed by atoms with Crippen LogP contribution >= 0.6 is 0 Å². The summed E-state index contributed by atoms with van der Waals surface area (Å²) in [5.41, 5.74) is 2.16. The minimum Gasteiger partial charge on any atom is -0.294 e. The fourth-order valence-electron chi connectivity index (χ4n) is 1.73. The van der Waals surface area contributed by atoms with Crippen LogP contribution in [0.15, 0.2) is 18.2 Å². The average Bonchev–Trinajstić information content (AvgIpc) is 2.45. The van der Waals surface area contributed by atoms with Gasteiger partial charge in [-0.1, -0.05) is 0 Å². The summed E-state index contributed by atoms with van der Waals surface area (Å²) < 4.78 is 24.4. The van der Waals surface area contributed by atoms with Crippen LogP contribution in [-0.4, -0.2) is 20.5 Å². The highest BCUT2D eigenvalue weighted by Gasteiger charge is 2.19. The van der Waals surface area contributed by atoms with E-state index in [1.807, 2.05) is 0 Å². The van der Waals surface area contributed by atoms with Crippen LogP contribution in [0, 0.1) is 0 Å². The van der Waals surface area contributed by atoms with Gasteiger partial charge in [0.1, 0.15) is 0 Å². The first-order chi connectivity index (χ1) is 6.96. The number of rotatable bonds is 2. The lowest BCUT2D eigenvalue weighted by Crippen LogP contribution is -2.09. The van der Waals surface area contributed by atoms with Gasteiger partial charge in [-0.15, -0.1) is 0 Å². The highest BCUT2D eigenvalue weighted by molar-refractivity contribution is 7.92. The molecule has 1 aliphatic carbocycles. The number of hydrogen-bond acceptors (Lipinski definition) is 3. The van der Waals surface area contributed by atoms with Crippen molar-refractivity contribution in [2.24, 2.45) is 0 Å². The van der Waals surface area contributed by atoms with Crippen molar-refractivity contribution < 1.29 is 13.2 Å². The number of nitrogens with one attached hydrogen (secondary N) is 1. The van der Waals surface area contributed by atoms with E-state index in [2.05, 4.69) is 4.72 Å². The Balaban J connectivity index is 2.35. The Hall–Kier alpha value is -1.36. The molecule has 0 radical (unpaired) electrons. The third-order valence-corrected chi connectivity index (χ3v) is 2.94. The monoisotopic (exact) mass is 225 g/mol. The Morgan fingerprint density at radius 3 is 2.67 bits per heavy atom. The zero-order chi connectivity index (χ0) is 11.1. The fourth-order valence-corrected chi connectivity index (χ4v) is 2.29. The smallest absolute Gasteiger partial charge is 0.229 e. The van der Waals surface area contributed by atoms with Crippen LogP contribution in [-0.2, 0) is 16.4 Å². The van der Waals surface area contributed by atoms with Crippen molar-refractivity contribution in [3.8, 4) is 0 Å². The number of Topliss-reactive ketones (excluding diaryl/α,β-unsaturated/α-hetero) is 1. The number of carbonyl (C=O) groups excluding carboxylic acids is 1. The van der Waals surface area contributed by atoms with Crippen molar-refractivity contribution in [2.45, 2.75) is 12.8 Å². The van der Waals surface area contributed by atoms with E-state index in [1.54, 1.807) is 18.2 Å². The molecule has 0 atom stereocenters. The maximum Gasteiger partial charge on any atom is 0.229 e. The van der Waals surface area contributed by atoms with Crippen LogP contribution in [0.5, 0.6) is 0 Å². The largest absolute Gasteiger partial charge is 0.294 e. The molecule has 0 fully saturated rings. The lowest BCUT2D eigenvalue weighted by atomic mass is 10.1. The van der Waals surface area contributed by atoms with E-state index >= 15 is 0 Å². The summed E-state index contributed by atoms with van der Waals surface area (Å²) in [6.45, 7) is 0. The maximum absolute atomic E-state index is 11.3. The van der Waals surface area contributed by atoms with Crippen LogP contribution in [0.1, 0.15) is 22.3 Å². The van der Waals surface area contributed by atoms with Gasteiger partial charge in [0.15, 0.2) is 5.78 Å². The molecule has 1 aromatic carbocycles. The minimum absolute atomic E-state index is 0.135. The molecule has 0 amide bonds. The Kier molecular flexibility index (Phi) is 2.26. The summed E-state index contributed by atoms with van der Waals surface area (Å²) >= 11 is 0. The van der Waals surface area contributed by atoms with Gasteiger partial charge in [0, 0.05) is 17.7 Å². The van der Waals surface area contributed by atoms with E-state index < -0.39 is 10.0 Å². The van der Waals surface area contributed by atoms with Crippen molar-refractivity contribution in [1.82, 2.24) is 0 Å². The summed E-state index contributed by atoms with van der Waals surface area (Å²) in [6, 6.07) is 5.02. The van der Waals surface area contributed by atoms with E-state index in [0.29, 0.717) is 24.1 Å². The van der Waals surface area contributed by atoms with Crippen LogP contribution < -0.4 is 4.72 Å². The quantitative estimate of drug-likeness (QED) is 0.822. The number of hydrogen-bond donors (Lipinski definition) is 1. The highest BCUT2D eigenvalue weighted by Crippen LogP contribution is 2.25. The van der Waals surface area contributed by atoms with Gasteiger partial charge in [0.2, 0.25) is 10.0 Å². The van der Waals surface area contributed by atoms with Crippen molar-refractivity contribution in [3.05, 3.63) is 29.3 Å². The van der Waals surface area contributed by atoms with Gasteiger partial charge >= 0.3 is 0 Å². The first-order valence-electron chi connectivity index (χ1n) is 4.59. The van der Waals surface area contributed by atoms with Crippen molar-refractivity contribution >= 4 is 21.5 Å². The van der Waals surface area contributed by atoms with E-state index in [9.17, 15) is 13.2 Å². The molecule has 0 bridgehead atoms. The molecular formula is C10H11NO3S. The van der Waals surface area contributed by atoms with Crippen LogP contribution in [0.25, 0.3) is 0 Å². The number of benzene rings is 1. The Morgan fingerprint density at radius 1 is 1.27 bits per heavy atom. The van der Waals surface area contributed by atoms with Gasteiger partial charge < -0.3 is 0 Å². The topological polar surface area (TPSA) is 63.2 Å². The van der Waals surface area contributed by atoms with Crippen LogP contribution in [0.4, 0.5) is 5.69 Å². The Labute approximate surface area is 88.4 Å². The molecule has 80 valence electrons. The van der Waals surface area contributed by atoms with E-state index in [0.717, 1.165) is 11.8 Å². The molecule has 15 heavy (non-hydrogen) atoms. The fraction of sp³-hybridized carbons (Fsp3) is 0.300. The molecule has 0 spiro atoms. The summed E-state index contributed by atoms with van der Waals surface area (Å²) in [5, 5.41) is 0. The molecule has 1 aliphatic rings. The molecule has 2 rings (SSSR count). The van der Waals surface area contributed by atoms with Gasteiger partial charge in [-0.05, 0) is 30.2 Å². The SMILES string of the molecule is CS(=O)(=O)Nc1ccc2c(c1)CCC2=O. The predicted molar refractivity (Wildman–Crippen MR) is 57.6 cm³/mol. The summed E-state index contributed by atoms with van der Waals surface area (Å²) in [6.07, 6.45) is 2.33. The summed E-state index contributed by atoms with van der Waals surface area (Å²) in [5.74, 6) is 0.135. The lowest BCUT2D eigenvalue weighted by molar-refractivity contribution is 0.0994. The van der Waals surface area contributed by atoms with Gasteiger partial charge in [-0.3, -0.25) is 9.52 Å². The zero-order valence-corrected chi connectivity index (χ0v) is 9.10. The first-order valence-corrected chi connectivity index (χ1v) is 6.49. The van der Waals surface area contributed by atoms with Crippen LogP contribution in [0.3, 0.4) is 0 Å². The molecule has 0 heterocycles. The second-order valence-corrected chi connectivity index (χ2v) is 5.42. The third-order valence-electron chi connectivity index (χ3n) is 2.33. The second kappa shape index (κ2) is 3.34. The van der Waals surface area contributed by atoms with Crippen LogP contribution in [0.2, 0.25) is 0 Å². The Morgan fingerprint density at radius 2 is 2.00 bits per heavy atom. The molecule has 0 aromatic heterocycles. The number of anilines is 1. The molecule has 0 saturated carbocycles. The molecule has 1 N–H and O–H groups in total. The van der Waals surface area contributed by atoms with E-state index in [-0.39, 0.29) is 5.78 Å². The number of fused-ring (bicyclic) bond motifs is 1. The van der Waals surface area contributed by atoms with E-state index in [1.165, 1.54) is 0 Å². The third kappa shape index (κ3) is 2.18. The van der Waals surface area contributed by atoms with E-state index in [4.69, 9.17) is 0 Å². The van der Waals surface area contributed by atoms with Crippen molar-refractivity contribution in [1.29, 1.82) is 0 Å². The van der Waals surface area contributed by atoms with Gasteiger partial charge in [-0.2, -0.15) is 0 Å². The molecule has 0 unspecified atom stereocenters. The average molecular weight is 225 g/mol. The predicted octanol–water partition coefficient (Wildman–Crippen LogP) is 1.19. The normalized spacial score (nSPS) is 15.1. The first kappa shape index (κ1) is 10.2. The number of carbonyl (C=O) groups is 1. The molecule has 0 saturated heterocycles. The molecule has 0 aliphatic heterocycles. The Bertz CT molecular complexity index is 519. The lowest BCUT2D eigenvalue weighted by Gasteiger charge is -2.05. The highest BCUT2D eigenvalue weighted by atomic mass is 32.2. The number of aryl methyl sites for hydroxylation is 1. The number of ketones is 1. The van der Waals surface area contributed by atoms with Crippen molar-refractivity contribution in [2.75, 3.05) is 11.0 Å². The van der Waals surface area contributed by atoms with Gasteiger partial charge in [0.25, 0.3) is 0 Å². The van der Waals surface area contributed by atoms with Gasteiger partial charge in [-0.25, -0.2) is 8.42 Å². The van der Waals surface area contributed by atoms with Gasteiger partial charge in [0.05, 0.1) is 6.26 Å². The molecule has 1 aromatic rings. The summed E-state index contributed by atoms with van der Waals surface area (Å²) in [4.78, 5) is 11.3. The second-order valence-electron chi connectivity index (χ2n) is 3.67.